The second-order valence-electron chi connectivity index (χ2n) is 8.15. The fraction of sp³-hybridized carbons (Fsp3) is 0.550. The highest BCUT2D eigenvalue weighted by Gasteiger charge is 2.35. The number of aliphatic hydroxyl groups is 1. The zero-order chi connectivity index (χ0) is 19.7. The number of aliphatic hydroxyl groups excluding tert-OH is 1. The molecule has 2 aromatic rings. The number of benzene rings is 1. The Bertz CT molecular complexity index is 864. The maximum Gasteiger partial charge on any atom is 0.267 e. The van der Waals surface area contributed by atoms with Crippen molar-refractivity contribution in [1.29, 1.82) is 0 Å². The monoisotopic (exact) mass is 391 g/mol. The summed E-state index contributed by atoms with van der Waals surface area (Å²) >= 11 is 0. The number of hydrogen-bond donors (Lipinski definition) is 1. The molecule has 0 unspecified atom stereocenters. The van der Waals surface area contributed by atoms with E-state index in [1.807, 2.05) is 31.5 Å². The van der Waals surface area contributed by atoms with Gasteiger partial charge in [0.2, 0.25) is 0 Å². The molecule has 0 atom stereocenters. The summed E-state index contributed by atoms with van der Waals surface area (Å²) in [5, 5.41) is 14.2. The molecule has 6 nitrogen and oxygen atoms in total. The molecule has 0 amide bonds. The Morgan fingerprint density at radius 2 is 1.81 bits per heavy atom. The van der Waals surface area contributed by atoms with Crippen molar-refractivity contribution in [3.05, 3.63) is 42.2 Å². The molecule has 0 saturated heterocycles. The summed E-state index contributed by atoms with van der Waals surface area (Å²) in [6, 6.07) is 9.17. The van der Waals surface area contributed by atoms with E-state index < -0.39 is 15.4 Å². The Balaban J connectivity index is 2.11. The number of hydrogen-bond acceptors (Lipinski definition) is 4. The maximum atomic E-state index is 13.6. The molecular formula is C20H29N3O3S. The number of aromatic nitrogens is 2. The van der Waals surface area contributed by atoms with E-state index in [-0.39, 0.29) is 24.1 Å². The van der Waals surface area contributed by atoms with E-state index in [4.69, 9.17) is 5.10 Å². The molecule has 27 heavy (non-hydrogen) atoms. The van der Waals surface area contributed by atoms with Gasteiger partial charge >= 0.3 is 0 Å². The predicted molar refractivity (Wildman–Crippen MR) is 106 cm³/mol. The normalized spacial score (nSPS) is 16.0. The van der Waals surface area contributed by atoms with Gasteiger partial charge in [-0.3, -0.25) is 8.99 Å². The van der Waals surface area contributed by atoms with Crippen molar-refractivity contribution < 1.29 is 13.5 Å². The summed E-state index contributed by atoms with van der Waals surface area (Å²) in [6.45, 7) is 5.69. The number of nitrogens with zero attached hydrogens (tertiary/aromatic N) is 3. The van der Waals surface area contributed by atoms with Gasteiger partial charge in [-0.2, -0.15) is 5.10 Å². The second kappa shape index (κ2) is 7.64. The average Bonchev–Trinajstić information content (AvgIpc) is 3.29. The molecule has 1 aliphatic rings. The third-order valence-corrected chi connectivity index (χ3v) is 6.85. The lowest BCUT2D eigenvalue weighted by atomic mass is 9.92. The summed E-state index contributed by atoms with van der Waals surface area (Å²) in [5.74, 6) is 0. The van der Waals surface area contributed by atoms with E-state index in [1.165, 1.54) is 4.31 Å². The van der Waals surface area contributed by atoms with Crippen LogP contribution < -0.4 is 4.31 Å². The fourth-order valence-electron chi connectivity index (χ4n) is 3.63. The molecule has 148 valence electrons. The van der Waals surface area contributed by atoms with Crippen LogP contribution in [0.1, 0.15) is 58.2 Å². The number of sulfonamides is 1. The number of para-hydroxylation sites is 1. The van der Waals surface area contributed by atoms with Gasteiger partial charge in [0.25, 0.3) is 10.0 Å². The molecule has 1 aromatic heterocycles. The first-order valence-electron chi connectivity index (χ1n) is 9.53. The zero-order valence-electron chi connectivity index (χ0n) is 16.3. The summed E-state index contributed by atoms with van der Waals surface area (Å²) < 4.78 is 30.3. The zero-order valence-corrected chi connectivity index (χ0v) is 17.1. The Labute approximate surface area is 161 Å². The second-order valence-corrected chi connectivity index (χ2v) is 9.98. The topological polar surface area (TPSA) is 75.4 Å². The van der Waals surface area contributed by atoms with E-state index in [2.05, 4.69) is 0 Å². The van der Waals surface area contributed by atoms with Crippen LogP contribution in [0.4, 0.5) is 5.69 Å². The highest BCUT2D eigenvalue weighted by Crippen LogP contribution is 2.35. The van der Waals surface area contributed by atoms with Crippen molar-refractivity contribution in [1.82, 2.24) is 9.78 Å². The largest absolute Gasteiger partial charge is 0.394 e. The molecule has 1 aliphatic carbocycles. The maximum absolute atomic E-state index is 13.6. The number of anilines is 1. The molecule has 1 aromatic carbocycles. The summed E-state index contributed by atoms with van der Waals surface area (Å²) in [4.78, 5) is 0.235. The van der Waals surface area contributed by atoms with Crippen LogP contribution in [0.25, 0.3) is 0 Å². The van der Waals surface area contributed by atoms with E-state index >= 15 is 0 Å². The minimum absolute atomic E-state index is 0.00450. The first-order chi connectivity index (χ1) is 12.7. The Hall–Kier alpha value is -1.86. The van der Waals surface area contributed by atoms with Crippen LogP contribution in [-0.2, 0) is 15.4 Å². The van der Waals surface area contributed by atoms with Crippen LogP contribution in [-0.4, -0.2) is 36.5 Å². The van der Waals surface area contributed by atoms with Crippen LogP contribution in [0.5, 0.6) is 0 Å². The SMILES string of the molecule is CC(C)(C)c1nn(C2CCCC2)cc1S(=O)(=O)N(CCO)c1ccccc1. The quantitative estimate of drug-likeness (QED) is 0.818. The first-order valence-corrected chi connectivity index (χ1v) is 11.0. The molecule has 0 spiro atoms. The molecule has 1 heterocycles. The smallest absolute Gasteiger partial charge is 0.267 e. The standard InChI is InChI=1S/C20H29N3O3S/c1-20(2,3)19-18(15-22(21-19)16-9-7-8-10-16)27(25,26)23(13-14-24)17-11-5-4-6-12-17/h4-6,11-12,15-16,24H,7-10,13-14H2,1-3H3. The van der Waals surface area contributed by atoms with Gasteiger partial charge in [0.1, 0.15) is 4.90 Å². The Kier molecular flexibility index (Phi) is 5.63. The van der Waals surface area contributed by atoms with Crippen molar-refractivity contribution in [3.8, 4) is 0 Å². The molecule has 0 aliphatic heterocycles. The summed E-state index contributed by atoms with van der Waals surface area (Å²) in [5.41, 5.74) is 0.710. The molecule has 1 N–H and O–H groups in total. The first kappa shape index (κ1) is 19.9. The minimum Gasteiger partial charge on any atom is -0.394 e. The Morgan fingerprint density at radius 3 is 2.37 bits per heavy atom. The third kappa shape index (κ3) is 4.04. The Morgan fingerprint density at radius 1 is 1.19 bits per heavy atom. The van der Waals surface area contributed by atoms with Crippen molar-refractivity contribution in [2.45, 2.75) is 62.8 Å². The van der Waals surface area contributed by atoms with Crippen molar-refractivity contribution in [3.63, 3.8) is 0 Å². The van der Waals surface area contributed by atoms with Crippen LogP contribution in [0.2, 0.25) is 0 Å². The van der Waals surface area contributed by atoms with E-state index in [0.29, 0.717) is 11.4 Å². The van der Waals surface area contributed by atoms with Crippen molar-refractivity contribution in [2.24, 2.45) is 0 Å². The highest BCUT2D eigenvalue weighted by atomic mass is 32.2. The van der Waals surface area contributed by atoms with Gasteiger partial charge in [0.05, 0.1) is 30.6 Å². The molecule has 3 rings (SSSR count). The predicted octanol–water partition coefficient (Wildman–Crippen LogP) is 3.48. The summed E-state index contributed by atoms with van der Waals surface area (Å²) in [6.07, 6.45) is 6.06. The van der Waals surface area contributed by atoms with E-state index in [1.54, 1.807) is 30.5 Å². The lowest BCUT2D eigenvalue weighted by Gasteiger charge is -2.25. The van der Waals surface area contributed by atoms with Crippen molar-refractivity contribution >= 4 is 15.7 Å². The molecule has 0 radical (unpaired) electrons. The van der Waals surface area contributed by atoms with Gasteiger partial charge in [0, 0.05) is 11.6 Å². The van der Waals surface area contributed by atoms with E-state index in [9.17, 15) is 13.5 Å². The van der Waals surface area contributed by atoms with Gasteiger partial charge in [-0.1, -0.05) is 51.8 Å². The van der Waals surface area contributed by atoms with E-state index in [0.717, 1.165) is 25.7 Å². The third-order valence-electron chi connectivity index (χ3n) is 5.02. The molecule has 1 fully saturated rings. The van der Waals surface area contributed by atoms with Gasteiger partial charge < -0.3 is 5.11 Å². The lowest BCUT2D eigenvalue weighted by molar-refractivity contribution is 0.306. The van der Waals surface area contributed by atoms with Crippen LogP contribution in [0.3, 0.4) is 0 Å². The van der Waals surface area contributed by atoms with Gasteiger partial charge in [-0.15, -0.1) is 0 Å². The van der Waals surface area contributed by atoms with Gasteiger partial charge in [-0.25, -0.2) is 8.42 Å². The average molecular weight is 392 g/mol. The van der Waals surface area contributed by atoms with Crippen LogP contribution in [0, 0.1) is 0 Å². The molecular weight excluding hydrogens is 362 g/mol. The van der Waals surface area contributed by atoms with Crippen molar-refractivity contribution in [2.75, 3.05) is 17.5 Å². The molecule has 7 heteroatoms. The van der Waals surface area contributed by atoms with Gasteiger partial charge in [0.15, 0.2) is 0 Å². The van der Waals surface area contributed by atoms with Crippen LogP contribution >= 0.6 is 0 Å². The molecule has 0 bridgehead atoms. The van der Waals surface area contributed by atoms with Gasteiger partial charge in [-0.05, 0) is 25.0 Å². The van der Waals surface area contributed by atoms with Crippen LogP contribution in [0.15, 0.2) is 41.4 Å². The molecule has 1 saturated carbocycles. The number of rotatable bonds is 6. The minimum atomic E-state index is -3.85. The fourth-order valence-corrected chi connectivity index (χ4v) is 5.42. The highest BCUT2D eigenvalue weighted by molar-refractivity contribution is 7.92. The summed E-state index contributed by atoms with van der Waals surface area (Å²) in [7, 11) is -3.85. The lowest BCUT2D eigenvalue weighted by Crippen LogP contribution is -2.34.